The van der Waals surface area contributed by atoms with Gasteiger partial charge >= 0.3 is 0 Å². The summed E-state index contributed by atoms with van der Waals surface area (Å²) in [6, 6.07) is 13.0. The molecule has 0 bridgehead atoms. The van der Waals surface area contributed by atoms with E-state index in [1.165, 1.54) is 0 Å². The maximum atomic E-state index is 10.5. The van der Waals surface area contributed by atoms with Crippen molar-refractivity contribution in [2.75, 3.05) is 6.54 Å². The third-order valence-electron chi connectivity index (χ3n) is 2.69. The molecule has 0 saturated carbocycles. The Morgan fingerprint density at radius 2 is 1.84 bits per heavy atom. The van der Waals surface area contributed by atoms with E-state index in [2.05, 4.69) is 4.99 Å². The normalized spacial score (nSPS) is 16.2. The maximum Gasteiger partial charge on any atom is 0.222 e. The number of carbonyl (C=O) groups excluding carboxylic acids is 1. The molecule has 94 valence electrons. The number of benzene rings is 1. The highest BCUT2D eigenvalue weighted by Gasteiger charge is 2.15. The molecule has 3 rings (SSSR count). The summed E-state index contributed by atoms with van der Waals surface area (Å²) >= 11 is 0. The number of rotatable bonds is 3. The van der Waals surface area contributed by atoms with E-state index in [1.54, 1.807) is 18.2 Å². The van der Waals surface area contributed by atoms with Crippen LogP contribution in [0.5, 0.6) is 0 Å². The van der Waals surface area contributed by atoms with Crippen molar-refractivity contribution in [3.8, 4) is 0 Å². The van der Waals surface area contributed by atoms with E-state index in [0.717, 1.165) is 5.56 Å². The Hall–Kier alpha value is -2.62. The second-order valence-corrected chi connectivity index (χ2v) is 4.06. The molecule has 0 aliphatic carbocycles. The van der Waals surface area contributed by atoms with Crippen molar-refractivity contribution in [1.82, 2.24) is 0 Å². The molecule has 2 heterocycles. The summed E-state index contributed by atoms with van der Waals surface area (Å²) in [7, 11) is 0. The molecule has 0 atom stereocenters. The molecule has 2 aromatic rings. The summed E-state index contributed by atoms with van der Waals surface area (Å²) in [5.74, 6) is 2.19. The van der Waals surface area contributed by atoms with E-state index in [9.17, 15) is 4.79 Å². The fourth-order valence-electron chi connectivity index (χ4n) is 1.81. The van der Waals surface area contributed by atoms with Crippen molar-refractivity contribution in [2.24, 2.45) is 4.99 Å². The second kappa shape index (κ2) is 4.94. The number of nitrogens with zero attached hydrogens (tertiary/aromatic N) is 1. The van der Waals surface area contributed by atoms with E-state index in [1.807, 2.05) is 30.3 Å². The molecule has 4 nitrogen and oxygen atoms in total. The van der Waals surface area contributed by atoms with Crippen LogP contribution >= 0.6 is 0 Å². The minimum absolute atomic E-state index is 0.300. The Kier molecular flexibility index (Phi) is 2.98. The van der Waals surface area contributed by atoms with Crippen molar-refractivity contribution in [1.29, 1.82) is 0 Å². The van der Waals surface area contributed by atoms with Gasteiger partial charge in [0, 0.05) is 11.6 Å². The highest BCUT2D eigenvalue weighted by atomic mass is 16.5. The number of hydrogen-bond acceptors (Lipinski definition) is 4. The molecule has 1 aromatic carbocycles. The van der Waals surface area contributed by atoms with Gasteiger partial charge in [-0.15, -0.1) is 0 Å². The molecule has 19 heavy (non-hydrogen) atoms. The van der Waals surface area contributed by atoms with Gasteiger partial charge in [-0.25, -0.2) is 4.99 Å². The van der Waals surface area contributed by atoms with Crippen LogP contribution < -0.4 is 0 Å². The highest BCUT2D eigenvalue weighted by Crippen LogP contribution is 2.18. The first-order valence-electron chi connectivity index (χ1n) is 5.88. The molecule has 1 aliphatic heterocycles. The van der Waals surface area contributed by atoms with Crippen LogP contribution in [-0.2, 0) is 4.74 Å². The summed E-state index contributed by atoms with van der Waals surface area (Å²) in [5, 5.41) is 0. The van der Waals surface area contributed by atoms with E-state index in [0.29, 0.717) is 36.0 Å². The standard InChI is InChI=1S/C15H11NO3/c17-10-13-7-6-12(18-13)8-14-9-16-15(19-14)11-4-2-1-3-5-11/h1-8,10H,9H2/b14-8+. The molecule has 0 N–H and O–H groups in total. The summed E-state index contributed by atoms with van der Waals surface area (Å²) in [6.07, 6.45) is 2.41. The zero-order valence-electron chi connectivity index (χ0n) is 10.1. The SMILES string of the molecule is O=Cc1ccc(/C=C2\CN=C(c3ccccc3)O2)o1. The minimum Gasteiger partial charge on any atom is -0.454 e. The minimum atomic E-state index is 0.300. The zero-order valence-corrected chi connectivity index (χ0v) is 10.1. The lowest BCUT2D eigenvalue weighted by Crippen LogP contribution is -1.99. The predicted molar refractivity (Wildman–Crippen MR) is 71.0 cm³/mol. The van der Waals surface area contributed by atoms with Crippen LogP contribution in [0.15, 0.2) is 57.6 Å². The van der Waals surface area contributed by atoms with Crippen LogP contribution in [0, 0.1) is 0 Å². The third-order valence-corrected chi connectivity index (χ3v) is 2.69. The molecule has 0 saturated heterocycles. The van der Waals surface area contributed by atoms with Crippen molar-refractivity contribution in [2.45, 2.75) is 0 Å². The Bertz CT molecular complexity index is 653. The summed E-state index contributed by atoms with van der Waals surface area (Å²) in [5.41, 5.74) is 0.943. The quantitative estimate of drug-likeness (QED) is 0.790. The lowest BCUT2D eigenvalue weighted by atomic mass is 10.2. The Balaban J connectivity index is 1.75. The lowest BCUT2D eigenvalue weighted by Gasteiger charge is -2.01. The van der Waals surface area contributed by atoms with E-state index in [4.69, 9.17) is 9.15 Å². The van der Waals surface area contributed by atoms with Gasteiger partial charge in [0.1, 0.15) is 18.1 Å². The van der Waals surface area contributed by atoms with Gasteiger partial charge < -0.3 is 9.15 Å². The molecule has 0 radical (unpaired) electrons. The topological polar surface area (TPSA) is 51.8 Å². The van der Waals surface area contributed by atoms with E-state index < -0.39 is 0 Å². The number of furan rings is 1. The van der Waals surface area contributed by atoms with Crippen molar-refractivity contribution in [3.05, 3.63) is 65.3 Å². The Morgan fingerprint density at radius 1 is 1.05 bits per heavy atom. The molecular weight excluding hydrogens is 242 g/mol. The van der Waals surface area contributed by atoms with Crippen molar-refractivity contribution >= 4 is 18.3 Å². The largest absolute Gasteiger partial charge is 0.454 e. The lowest BCUT2D eigenvalue weighted by molar-refractivity contribution is 0.110. The molecule has 0 fully saturated rings. The molecule has 0 unspecified atom stereocenters. The van der Waals surface area contributed by atoms with Crippen LogP contribution in [0.1, 0.15) is 21.9 Å². The smallest absolute Gasteiger partial charge is 0.222 e. The van der Waals surface area contributed by atoms with Gasteiger partial charge in [-0.05, 0) is 24.3 Å². The predicted octanol–water partition coefficient (Wildman–Crippen LogP) is 2.91. The molecule has 4 heteroatoms. The van der Waals surface area contributed by atoms with Gasteiger partial charge in [0.05, 0.1) is 0 Å². The van der Waals surface area contributed by atoms with Crippen molar-refractivity contribution < 1.29 is 13.9 Å². The van der Waals surface area contributed by atoms with Gasteiger partial charge in [0.2, 0.25) is 5.90 Å². The van der Waals surface area contributed by atoms with Crippen LogP contribution in [0.2, 0.25) is 0 Å². The summed E-state index contributed by atoms with van der Waals surface area (Å²) in [6.45, 7) is 0.474. The highest BCUT2D eigenvalue weighted by molar-refractivity contribution is 5.96. The maximum absolute atomic E-state index is 10.5. The second-order valence-electron chi connectivity index (χ2n) is 4.06. The first-order valence-corrected chi connectivity index (χ1v) is 5.88. The molecule has 1 aromatic heterocycles. The summed E-state index contributed by atoms with van der Waals surface area (Å²) in [4.78, 5) is 14.9. The van der Waals surface area contributed by atoms with Crippen LogP contribution in [0.4, 0.5) is 0 Å². The molecular formula is C15H11NO3. The van der Waals surface area contributed by atoms with Gasteiger partial charge in [-0.2, -0.15) is 0 Å². The first kappa shape index (κ1) is 11.5. The van der Waals surface area contributed by atoms with Crippen LogP contribution in [-0.4, -0.2) is 18.7 Å². The number of aldehydes is 1. The third kappa shape index (κ3) is 2.47. The molecule has 1 aliphatic rings. The van der Waals surface area contributed by atoms with E-state index in [-0.39, 0.29) is 0 Å². The molecule has 0 amide bonds. The average molecular weight is 253 g/mol. The zero-order chi connectivity index (χ0) is 13.1. The van der Waals surface area contributed by atoms with Gasteiger partial charge in [0.25, 0.3) is 0 Å². The fourth-order valence-corrected chi connectivity index (χ4v) is 1.81. The van der Waals surface area contributed by atoms with Gasteiger partial charge in [-0.1, -0.05) is 18.2 Å². The Morgan fingerprint density at radius 3 is 2.58 bits per heavy atom. The average Bonchev–Trinajstić information content (AvgIpc) is 3.09. The first-order chi connectivity index (χ1) is 9.35. The van der Waals surface area contributed by atoms with E-state index >= 15 is 0 Å². The number of hydrogen-bond donors (Lipinski definition) is 0. The Labute approximate surface area is 110 Å². The van der Waals surface area contributed by atoms with Gasteiger partial charge in [-0.3, -0.25) is 4.79 Å². The fraction of sp³-hybridized carbons (Fsp3) is 0.0667. The molecule has 0 spiro atoms. The summed E-state index contributed by atoms with van der Waals surface area (Å²) < 4.78 is 10.9. The van der Waals surface area contributed by atoms with Gasteiger partial charge in [0.15, 0.2) is 12.0 Å². The number of aliphatic imine (C=N–C) groups is 1. The van der Waals surface area contributed by atoms with Crippen LogP contribution in [0.25, 0.3) is 6.08 Å². The number of carbonyl (C=O) groups is 1. The van der Waals surface area contributed by atoms with Crippen LogP contribution in [0.3, 0.4) is 0 Å². The number of ether oxygens (including phenoxy) is 1. The van der Waals surface area contributed by atoms with Crippen molar-refractivity contribution in [3.63, 3.8) is 0 Å². The monoisotopic (exact) mass is 253 g/mol.